The van der Waals surface area contributed by atoms with Crippen LogP contribution in [0, 0.1) is 12.8 Å². The molecule has 1 N–H and O–H groups in total. The number of aryl methyl sites for hydroxylation is 1. The van der Waals surface area contributed by atoms with Crippen LogP contribution in [0.25, 0.3) is 0 Å². The van der Waals surface area contributed by atoms with Crippen LogP contribution >= 0.6 is 12.4 Å². The number of hydrogen-bond donors (Lipinski definition) is 1. The predicted octanol–water partition coefficient (Wildman–Crippen LogP) is 4.30. The monoisotopic (exact) mass is 390 g/mol. The van der Waals surface area contributed by atoms with Crippen molar-refractivity contribution in [1.82, 2.24) is 10.2 Å². The average Bonchev–Trinajstić information content (AvgIpc) is 2.62. The van der Waals surface area contributed by atoms with Crippen LogP contribution in [0.15, 0.2) is 18.2 Å². The van der Waals surface area contributed by atoms with Crippen molar-refractivity contribution < 1.29 is 18.0 Å². The number of benzene rings is 1. The molecule has 2 saturated heterocycles. The number of nitrogens with zero attached hydrogens (tertiary/aromatic N) is 1. The van der Waals surface area contributed by atoms with Crippen LogP contribution in [0.2, 0.25) is 0 Å². The molecule has 0 saturated carbocycles. The van der Waals surface area contributed by atoms with Crippen LogP contribution in [-0.2, 0) is 0 Å². The Morgan fingerprint density at radius 1 is 1.19 bits per heavy atom. The summed E-state index contributed by atoms with van der Waals surface area (Å²) in [5.74, 6) is -1.25. The van der Waals surface area contributed by atoms with E-state index in [1.807, 2.05) is 19.1 Å². The molecule has 1 atom stereocenters. The third-order valence-electron chi connectivity index (χ3n) is 5.47. The molecule has 3 nitrogen and oxygen atoms in total. The summed E-state index contributed by atoms with van der Waals surface area (Å²) in [5, 5.41) is 3.32. The van der Waals surface area contributed by atoms with Crippen molar-refractivity contribution in [3.8, 4) is 0 Å². The van der Waals surface area contributed by atoms with E-state index in [0.717, 1.165) is 37.1 Å². The molecule has 0 aliphatic carbocycles. The number of carbonyl (C=O) groups excluding carboxylic acids is 1. The molecule has 146 valence electrons. The average molecular weight is 391 g/mol. The first-order valence-electron chi connectivity index (χ1n) is 9.03. The van der Waals surface area contributed by atoms with Gasteiger partial charge < -0.3 is 10.2 Å². The van der Waals surface area contributed by atoms with Crippen LogP contribution in [0.4, 0.5) is 13.2 Å². The largest absolute Gasteiger partial charge is 0.393 e. The molecule has 2 aliphatic heterocycles. The zero-order chi connectivity index (χ0) is 18.0. The maximum absolute atomic E-state index is 13.0. The van der Waals surface area contributed by atoms with Crippen molar-refractivity contribution in [2.45, 2.75) is 44.7 Å². The minimum atomic E-state index is -4.23. The lowest BCUT2D eigenvalue weighted by Gasteiger charge is -2.34. The van der Waals surface area contributed by atoms with E-state index < -0.39 is 12.1 Å². The second-order valence-electron chi connectivity index (χ2n) is 7.23. The van der Waals surface area contributed by atoms with Crippen LogP contribution < -0.4 is 5.32 Å². The highest BCUT2D eigenvalue weighted by atomic mass is 35.5. The number of likely N-dealkylation sites (tertiary alicyclic amines) is 1. The summed E-state index contributed by atoms with van der Waals surface area (Å²) in [5.41, 5.74) is 2.51. The number of halogens is 4. The van der Waals surface area contributed by atoms with Gasteiger partial charge in [0.1, 0.15) is 0 Å². The molecule has 26 heavy (non-hydrogen) atoms. The van der Waals surface area contributed by atoms with Crippen molar-refractivity contribution in [1.29, 1.82) is 0 Å². The lowest BCUT2D eigenvalue weighted by molar-refractivity contribution is -0.184. The number of nitrogens with one attached hydrogen (secondary N) is 1. The summed E-state index contributed by atoms with van der Waals surface area (Å²) in [7, 11) is 0. The highest BCUT2D eigenvalue weighted by Crippen LogP contribution is 2.34. The zero-order valence-electron chi connectivity index (χ0n) is 14.9. The molecule has 0 radical (unpaired) electrons. The smallest absolute Gasteiger partial charge is 0.338 e. The van der Waals surface area contributed by atoms with Gasteiger partial charge in [0, 0.05) is 18.7 Å². The van der Waals surface area contributed by atoms with Crippen LogP contribution in [0.3, 0.4) is 0 Å². The first-order valence-corrected chi connectivity index (χ1v) is 9.03. The number of carbonyl (C=O) groups is 1. The molecule has 2 fully saturated rings. The normalized spacial score (nSPS) is 22.0. The molecule has 0 aromatic heterocycles. The van der Waals surface area contributed by atoms with E-state index in [1.165, 1.54) is 4.90 Å². The molecule has 0 spiro atoms. The lowest BCUT2D eigenvalue weighted by atomic mass is 9.88. The van der Waals surface area contributed by atoms with Gasteiger partial charge in [0.25, 0.3) is 5.91 Å². The van der Waals surface area contributed by atoms with E-state index >= 15 is 0 Å². The zero-order valence-corrected chi connectivity index (χ0v) is 15.8. The number of rotatable bonds is 2. The Balaban J connectivity index is 0.00000243. The summed E-state index contributed by atoms with van der Waals surface area (Å²) >= 11 is 0. The molecule has 2 aliphatic rings. The Hall–Kier alpha value is -1.27. The van der Waals surface area contributed by atoms with E-state index in [0.29, 0.717) is 24.4 Å². The fourth-order valence-corrected chi connectivity index (χ4v) is 3.88. The predicted molar refractivity (Wildman–Crippen MR) is 98.0 cm³/mol. The topological polar surface area (TPSA) is 32.3 Å². The molecule has 1 aromatic carbocycles. The van der Waals surface area contributed by atoms with Crippen molar-refractivity contribution in [2.24, 2.45) is 5.92 Å². The van der Waals surface area contributed by atoms with Gasteiger partial charge >= 0.3 is 6.18 Å². The summed E-state index contributed by atoms with van der Waals surface area (Å²) in [6.45, 7) is 3.95. The first kappa shape index (κ1) is 21.0. The summed E-state index contributed by atoms with van der Waals surface area (Å²) in [6, 6.07) is 5.89. The number of alkyl halides is 3. The van der Waals surface area contributed by atoms with E-state index in [9.17, 15) is 18.0 Å². The second kappa shape index (κ2) is 8.61. The maximum atomic E-state index is 13.0. The molecular weight excluding hydrogens is 365 g/mol. The van der Waals surface area contributed by atoms with Gasteiger partial charge in [-0.05, 0) is 68.8 Å². The van der Waals surface area contributed by atoms with Gasteiger partial charge in [-0.2, -0.15) is 13.2 Å². The highest BCUT2D eigenvalue weighted by molar-refractivity contribution is 5.96. The molecular formula is C19H26ClF3N2O. The van der Waals surface area contributed by atoms with Gasteiger partial charge in [-0.3, -0.25) is 4.79 Å². The third-order valence-corrected chi connectivity index (χ3v) is 5.47. The van der Waals surface area contributed by atoms with Crippen LogP contribution in [-0.4, -0.2) is 43.2 Å². The molecule has 1 amide bonds. The SMILES string of the molecule is Cc1ccc(C2CCNCC2)cc1C(=O)N1CCCC(C(F)(F)F)C1.Cl. The highest BCUT2D eigenvalue weighted by Gasteiger charge is 2.42. The van der Waals surface area contributed by atoms with Gasteiger partial charge in [-0.1, -0.05) is 12.1 Å². The van der Waals surface area contributed by atoms with Gasteiger partial charge in [-0.25, -0.2) is 0 Å². The van der Waals surface area contributed by atoms with E-state index in [-0.39, 0.29) is 31.3 Å². The Morgan fingerprint density at radius 2 is 1.88 bits per heavy atom. The van der Waals surface area contributed by atoms with E-state index in [2.05, 4.69) is 11.4 Å². The summed E-state index contributed by atoms with van der Waals surface area (Å²) in [4.78, 5) is 14.3. The van der Waals surface area contributed by atoms with Crippen molar-refractivity contribution in [3.05, 3.63) is 34.9 Å². The number of piperidine rings is 2. The fraction of sp³-hybridized carbons (Fsp3) is 0.632. The van der Waals surface area contributed by atoms with Gasteiger partial charge in [0.2, 0.25) is 0 Å². The van der Waals surface area contributed by atoms with Gasteiger partial charge in [0.15, 0.2) is 0 Å². The van der Waals surface area contributed by atoms with Crippen LogP contribution in [0.5, 0.6) is 0 Å². The summed E-state index contributed by atoms with van der Waals surface area (Å²) in [6.07, 6.45) is -1.66. The Morgan fingerprint density at radius 3 is 2.54 bits per heavy atom. The van der Waals surface area contributed by atoms with Crippen molar-refractivity contribution >= 4 is 18.3 Å². The van der Waals surface area contributed by atoms with Crippen molar-refractivity contribution in [2.75, 3.05) is 26.2 Å². The standard InChI is InChI=1S/C19H25F3N2O.ClH/c1-13-4-5-15(14-6-8-23-9-7-14)11-17(13)18(25)24-10-2-3-16(12-24)19(20,21)22;/h4-5,11,14,16,23H,2-3,6-10,12H2,1H3;1H. The van der Waals surface area contributed by atoms with Gasteiger partial charge in [-0.15, -0.1) is 12.4 Å². The minimum Gasteiger partial charge on any atom is -0.338 e. The third kappa shape index (κ3) is 4.71. The first-order chi connectivity index (χ1) is 11.9. The maximum Gasteiger partial charge on any atom is 0.393 e. The number of hydrogen-bond acceptors (Lipinski definition) is 2. The van der Waals surface area contributed by atoms with Crippen LogP contribution in [0.1, 0.15) is 53.1 Å². The van der Waals surface area contributed by atoms with E-state index in [1.54, 1.807) is 0 Å². The van der Waals surface area contributed by atoms with Gasteiger partial charge in [0.05, 0.1) is 5.92 Å². The summed E-state index contributed by atoms with van der Waals surface area (Å²) < 4.78 is 39.1. The molecule has 7 heteroatoms. The fourth-order valence-electron chi connectivity index (χ4n) is 3.88. The molecule has 2 heterocycles. The Bertz CT molecular complexity index is 630. The Labute approximate surface area is 158 Å². The second-order valence-corrected chi connectivity index (χ2v) is 7.23. The molecule has 1 aromatic rings. The lowest BCUT2D eigenvalue weighted by Crippen LogP contribution is -2.44. The molecule has 3 rings (SSSR count). The minimum absolute atomic E-state index is 0. The molecule has 1 unspecified atom stereocenters. The Kier molecular flexibility index (Phi) is 6.97. The van der Waals surface area contributed by atoms with Crippen molar-refractivity contribution in [3.63, 3.8) is 0 Å². The quantitative estimate of drug-likeness (QED) is 0.816. The van der Waals surface area contributed by atoms with E-state index in [4.69, 9.17) is 0 Å². The number of amides is 1. The molecule has 0 bridgehead atoms.